The van der Waals surface area contributed by atoms with Gasteiger partial charge in [-0.2, -0.15) is 0 Å². The van der Waals surface area contributed by atoms with E-state index in [1.807, 2.05) is 90.9 Å². The van der Waals surface area contributed by atoms with Crippen LogP contribution in [0.15, 0.2) is 91.6 Å². The Bertz CT molecular complexity index is 1290. The molecule has 0 amide bonds. The van der Waals surface area contributed by atoms with E-state index in [-0.39, 0.29) is 0 Å². The van der Waals surface area contributed by atoms with Gasteiger partial charge in [0.25, 0.3) is 0 Å². The number of thiazole rings is 1. The van der Waals surface area contributed by atoms with Crippen LogP contribution < -0.4 is 4.74 Å². The largest absolute Gasteiger partial charge is 0.457 e. The molecule has 0 saturated carbocycles. The van der Waals surface area contributed by atoms with Gasteiger partial charge in [0, 0.05) is 54.7 Å². The van der Waals surface area contributed by atoms with Crippen molar-refractivity contribution in [2.45, 2.75) is 0 Å². The van der Waals surface area contributed by atoms with E-state index in [4.69, 9.17) is 4.74 Å². The maximum Gasteiger partial charge on any atom is 0.139 e. The molecule has 0 fully saturated rings. The normalized spacial score (nSPS) is 10.8. The molecule has 5 aromatic rings. The summed E-state index contributed by atoms with van der Waals surface area (Å²) < 4.78 is 8.13. The summed E-state index contributed by atoms with van der Waals surface area (Å²) in [4.78, 5) is 14.3. The van der Waals surface area contributed by atoms with Gasteiger partial charge in [0.05, 0.1) is 4.88 Å². The van der Waals surface area contributed by atoms with Gasteiger partial charge in [-0.25, -0.2) is 9.97 Å². The molecule has 3 heterocycles. The van der Waals surface area contributed by atoms with Crippen molar-refractivity contribution in [3.8, 4) is 43.9 Å². The zero-order valence-electron chi connectivity index (χ0n) is 16.3. The molecule has 30 heavy (non-hydrogen) atoms. The molecule has 0 atom stereocenters. The molecule has 0 radical (unpaired) electrons. The Morgan fingerprint density at radius 2 is 1.57 bits per heavy atom. The third-order valence-corrected chi connectivity index (χ3v) is 5.78. The summed E-state index contributed by atoms with van der Waals surface area (Å²) in [6.45, 7) is 0. The number of hydrogen-bond donors (Lipinski definition) is 0. The van der Waals surface area contributed by atoms with Crippen molar-refractivity contribution in [3.63, 3.8) is 0 Å². The van der Waals surface area contributed by atoms with Crippen molar-refractivity contribution in [2.24, 2.45) is 7.05 Å². The number of hydrogen-bond acceptors (Lipinski definition) is 5. The van der Waals surface area contributed by atoms with Crippen LogP contribution in [0.1, 0.15) is 0 Å². The second-order valence-electron chi connectivity index (χ2n) is 6.79. The Balaban J connectivity index is 1.40. The Labute approximate surface area is 178 Å². The third-order valence-electron chi connectivity index (χ3n) is 4.68. The fourth-order valence-electron chi connectivity index (χ4n) is 3.22. The van der Waals surface area contributed by atoms with Gasteiger partial charge in [-0.3, -0.25) is 4.98 Å². The number of aryl methyl sites for hydroxylation is 1. The van der Waals surface area contributed by atoms with Crippen LogP contribution in [0.2, 0.25) is 0 Å². The Morgan fingerprint density at radius 1 is 0.800 bits per heavy atom. The standard InChI is InChI=1S/C24H18N4OS/c1-28-12-11-26-23(28)17-5-2-8-20(13-17)29-21-9-3-6-18(14-21)24-27-16-22(30-24)19-7-4-10-25-15-19/h2-16H,1H3. The average molecular weight is 411 g/mol. The fraction of sp³-hybridized carbons (Fsp3) is 0.0417. The summed E-state index contributed by atoms with van der Waals surface area (Å²) in [6.07, 6.45) is 9.24. The minimum Gasteiger partial charge on any atom is -0.457 e. The van der Waals surface area contributed by atoms with Gasteiger partial charge in [0.15, 0.2) is 0 Å². The van der Waals surface area contributed by atoms with Gasteiger partial charge >= 0.3 is 0 Å². The lowest BCUT2D eigenvalue weighted by Gasteiger charge is -2.09. The van der Waals surface area contributed by atoms with Crippen LogP contribution in [-0.4, -0.2) is 19.5 Å². The van der Waals surface area contributed by atoms with Crippen molar-refractivity contribution in [3.05, 3.63) is 91.6 Å². The van der Waals surface area contributed by atoms with Gasteiger partial charge in [0.1, 0.15) is 22.3 Å². The van der Waals surface area contributed by atoms with Gasteiger partial charge in [-0.05, 0) is 30.3 Å². The molecule has 146 valence electrons. The number of benzene rings is 2. The molecule has 5 rings (SSSR count). The Kier molecular flexibility index (Phi) is 4.83. The van der Waals surface area contributed by atoms with Gasteiger partial charge in [-0.1, -0.05) is 30.3 Å². The van der Waals surface area contributed by atoms with E-state index in [0.29, 0.717) is 0 Å². The maximum atomic E-state index is 6.14. The lowest BCUT2D eigenvalue weighted by atomic mass is 10.2. The molecule has 2 aromatic carbocycles. The molecule has 0 aliphatic heterocycles. The summed E-state index contributed by atoms with van der Waals surface area (Å²) in [5.74, 6) is 2.44. The molecular formula is C24H18N4OS. The number of aromatic nitrogens is 4. The van der Waals surface area contributed by atoms with Crippen LogP contribution in [0.4, 0.5) is 0 Å². The first kappa shape index (κ1) is 18.3. The maximum absolute atomic E-state index is 6.14. The third kappa shape index (κ3) is 3.73. The smallest absolute Gasteiger partial charge is 0.139 e. The zero-order chi connectivity index (χ0) is 20.3. The van der Waals surface area contributed by atoms with E-state index >= 15 is 0 Å². The first-order valence-corrected chi connectivity index (χ1v) is 10.3. The molecule has 6 heteroatoms. The van der Waals surface area contributed by atoms with E-state index in [1.54, 1.807) is 23.7 Å². The van der Waals surface area contributed by atoms with Gasteiger partial charge in [0.2, 0.25) is 0 Å². The van der Waals surface area contributed by atoms with Crippen LogP contribution >= 0.6 is 11.3 Å². The highest BCUT2D eigenvalue weighted by molar-refractivity contribution is 7.18. The molecule has 5 nitrogen and oxygen atoms in total. The summed E-state index contributed by atoms with van der Waals surface area (Å²) in [6, 6.07) is 19.9. The van der Waals surface area contributed by atoms with Gasteiger partial charge < -0.3 is 9.30 Å². The highest BCUT2D eigenvalue weighted by Crippen LogP contribution is 2.34. The number of ether oxygens (including phenoxy) is 1. The van der Waals surface area contributed by atoms with Crippen LogP contribution in [0, 0.1) is 0 Å². The van der Waals surface area contributed by atoms with Crippen LogP contribution in [0.25, 0.3) is 32.4 Å². The van der Waals surface area contributed by atoms with Crippen LogP contribution in [0.3, 0.4) is 0 Å². The Morgan fingerprint density at radius 3 is 2.30 bits per heavy atom. The zero-order valence-corrected chi connectivity index (χ0v) is 17.1. The quantitative estimate of drug-likeness (QED) is 0.353. The first-order chi connectivity index (χ1) is 14.8. The van der Waals surface area contributed by atoms with Gasteiger partial charge in [-0.15, -0.1) is 11.3 Å². The summed E-state index contributed by atoms with van der Waals surface area (Å²) in [5, 5.41) is 0.945. The number of rotatable bonds is 5. The number of nitrogens with zero attached hydrogens (tertiary/aromatic N) is 4. The molecular weight excluding hydrogens is 392 g/mol. The topological polar surface area (TPSA) is 52.8 Å². The van der Waals surface area contributed by atoms with E-state index < -0.39 is 0 Å². The fourth-order valence-corrected chi connectivity index (χ4v) is 4.12. The highest BCUT2D eigenvalue weighted by Gasteiger charge is 2.09. The van der Waals surface area contributed by atoms with E-state index in [1.165, 1.54) is 0 Å². The van der Waals surface area contributed by atoms with Crippen LogP contribution in [0.5, 0.6) is 11.5 Å². The molecule has 0 bridgehead atoms. The molecule has 0 spiro atoms. The lowest BCUT2D eigenvalue weighted by molar-refractivity contribution is 0.483. The average Bonchev–Trinajstić information content (AvgIpc) is 3.44. The summed E-state index contributed by atoms with van der Waals surface area (Å²) in [7, 11) is 1.98. The van der Waals surface area contributed by atoms with Crippen LogP contribution in [-0.2, 0) is 7.05 Å². The molecule has 0 unspecified atom stereocenters. The number of pyridine rings is 1. The SMILES string of the molecule is Cn1ccnc1-c1cccc(Oc2cccc(-c3ncc(-c4cccnc4)s3)c2)c1. The molecule has 0 N–H and O–H groups in total. The second kappa shape index (κ2) is 7.93. The Hall–Kier alpha value is -3.77. The predicted octanol–water partition coefficient (Wildman–Crippen LogP) is 6.06. The van der Waals surface area contributed by atoms with E-state index in [0.717, 1.165) is 43.9 Å². The van der Waals surface area contributed by atoms with E-state index in [9.17, 15) is 0 Å². The van der Waals surface area contributed by atoms with E-state index in [2.05, 4.69) is 15.0 Å². The van der Waals surface area contributed by atoms with Crippen molar-refractivity contribution in [1.29, 1.82) is 0 Å². The molecule has 0 aliphatic carbocycles. The molecule has 0 aliphatic rings. The number of imidazole rings is 1. The predicted molar refractivity (Wildman–Crippen MR) is 119 cm³/mol. The van der Waals surface area contributed by atoms with Crippen molar-refractivity contribution in [1.82, 2.24) is 19.5 Å². The second-order valence-corrected chi connectivity index (χ2v) is 7.82. The first-order valence-electron chi connectivity index (χ1n) is 9.48. The summed E-state index contributed by atoms with van der Waals surface area (Å²) in [5.41, 5.74) is 3.10. The van der Waals surface area contributed by atoms with Crippen molar-refractivity contribution < 1.29 is 4.74 Å². The minimum absolute atomic E-state index is 0.766. The van der Waals surface area contributed by atoms with Crippen molar-refractivity contribution in [2.75, 3.05) is 0 Å². The lowest BCUT2D eigenvalue weighted by Crippen LogP contribution is -1.92. The molecule has 0 saturated heterocycles. The molecule has 3 aromatic heterocycles. The monoisotopic (exact) mass is 410 g/mol. The highest BCUT2D eigenvalue weighted by atomic mass is 32.1. The minimum atomic E-state index is 0.766. The summed E-state index contributed by atoms with van der Waals surface area (Å²) >= 11 is 1.64. The van der Waals surface area contributed by atoms with Crippen molar-refractivity contribution >= 4 is 11.3 Å².